The van der Waals surface area contributed by atoms with E-state index in [9.17, 15) is 9.59 Å². The van der Waals surface area contributed by atoms with Gasteiger partial charge in [0, 0.05) is 11.8 Å². The SMILES string of the molecule is CCCCCCOC(=O)/C=C(/C(=O)Nc1ccccc1)c1ccccc1. The van der Waals surface area contributed by atoms with Crippen molar-refractivity contribution in [3.05, 3.63) is 72.3 Å². The number of amides is 1. The summed E-state index contributed by atoms with van der Waals surface area (Å²) in [6.45, 7) is 2.50. The molecule has 0 saturated carbocycles. The second-order valence-electron chi connectivity index (χ2n) is 5.97. The summed E-state index contributed by atoms with van der Waals surface area (Å²) in [6.07, 6.45) is 5.40. The third-order valence-corrected chi connectivity index (χ3v) is 3.87. The Morgan fingerprint density at radius 3 is 2.23 bits per heavy atom. The van der Waals surface area contributed by atoms with E-state index in [2.05, 4.69) is 12.2 Å². The molecule has 26 heavy (non-hydrogen) atoms. The molecule has 1 amide bonds. The van der Waals surface area contributed by atoms with Crippen molar-refractivity contribution in [2.45, 2.75) is 32.6 Å². The normalized spacial score (nSPS) is 11.0. The van der Waals surface area contributed by atoms with E-state index in [0.717, 1.165) is 25.7 Å². The zero-order valence-corrected chi connectivity index (χ0v) is 15.1. The number of esters is 1. The Morgan fingerprint density at radius 1 is 0.923 bits per heavy atom. The van der Waals surface area contributed by atoms with Crippen LogP contribution in [0.15, 0.2) is 66.7 Å². The van der Waals surface area contributed by atoms with E-state index in [-0.39, 0.29) is 11.5 Å². The third kappa shape index (κ3) is 6.55. The van der Waals surface area contributed by atoms with Crippen LogP contribution in [0.5, 0.6) is 0 Å². The van der Waals surface area contributed by atoms with Crippen molar-refractivity contribution in [2.75, 3.05) is 11.9 Å². The molecule has 0 bridgehead atoms. The fraction of sp³-hybridized carbons (Fsp3) is 0.273. The highest BCUT2D eigenvalue weighted by Gasteiger charge is 2.14. The van der Waals surface area contributed by atoms with Gasteiger partial charge in [-0.3, -0.25) is 4.79 Å². The van der Waals surface area contributed by atoms with Crippen LogP contribution < -0.4 is 5.32 Å². The van der Waals surface area contributed by atoms with Gasteiger partial charge in [-0.1, -0.05) is 74.7 Å². The Balaban J connectivity index is 2.08. The first-order valence-corrected chi connectivity index (χ1v) is 9.01. The molecule has 2 aromatic carbocycles. The molecule has 4 heteroatoms. The Bertz CT molecular complexity index is 724. The highest BCUT2D eigenvalue weighted by Crippen LogP contribution is 2.17. The molecule has 0 aliphatic heterocycles. The zero-order valence-electron chi connectivity index (χ0n) is 15.1. The first kappa shape index (κ1) is 19.4. The zero-order chi connectivity index (χ0) is 18.6. The van der Waals surface area contributed by atoms with Crippen molar-refractivity contribution in [3.8, 4) is 0 Å². The molecule has 0 aliphatic rings. The molecular weight excluding hydrogens is 326 g/mol. The van der Waals surface area contributed by atoms with Crippen molar-refractivity contribution in [1.82, 2.24) is 0 Å². The van der Waals surface area contributed by atoms with Crippen LogP contribution in [0.3, 0.4) is 0 Å². The van der Waals surface area contributed by atoms with Crippen LogP contribution in [0.4, 0.5) is 5.69 Å². The largest absolute Gasteiger partial charge is 0.463 e. The molecule has 2 rings (SSSR count). The van der Waals surface area contributed by atoms with Gasteiger partial charge in [0.25, 0.3) is 5.91 Å². The van der Waals surface area contributed by atoms with Gasteiger partial charge in [0.1, 0.15) is 0 Å². The number of nitrogens with one attached hydrogen (secondary N) is 1. The van der Waals surface area contributed by atoms with Gasteiger partial charge in [-0.15, -0.1) is 0 Å². The first-order chi connectivity index (χ1) is 12.7. The van der Waals surface area contributed by atoms with Gasteiger partial charge in [0.05, 0.1) is 12.2 Å². The lowest BCUT2D eigenvalue weighted by Crippen LogP contribution is -2.15. The lowest BCUT2D eigenvalue weighted by atomic mass is 10.0. The molecule has 0 radical (unpaired) electrons. The van der Waals surface area contributed by atoms with Gasteiger partial charge in [-0.25, -0.2) is 4.79 Å². The van der Waals surface area contributed by atoms with Crippen molar-refractivity contribution in [3.63, 3.8) is 0 Å². The van der Waals surface area contributed by atoms with E-state index in [4.69, 9.17) is 4.74 Å². The van der Waals surface area contributed by atoms with Crippen LogP contribution in [0.25, 0.3) is 5.57 Å². The number of carbonyl (C=O) groups excluding carboxylic acids is 2. The van der Waals surface area contributed by atoms with E-state index < -0.39 is 5.97 Å². The predicted molar refractivity (Wildman–Crippen MR) is 105 cm³/mol. The van der Waals surface area contributed by atoms with Crippen molar-refractivity contribution in [1.29, 1.82) is 0 Å². The highest BCUT2D eigenvalue weighted by atomic mass is 16.5. The minimum atomic E-state index is -0.497. The second kappa shape index (κ2) is 10.9. The standard InChI is InChI=1S/C22H25NO3/c1-2-3-4-11-16-26-21(24)17-20(18-12-7-5-8-13-18)22(25)23-19-14-9-6-10-15-19/h5-10,12-15,17H,2-4,11,16H2,1H3,(H,23,25)/b20-17+. The molecule has 0 spiro atoms. The van der Waals surface area contributed by atoms with Crippen LogP contribution in [0, 0.1) is 0 Å². The quantitative estimate of drug-likeness (QED) is 0.400. The molecule has 0 aromatic heterocycles. The molecule has 0 aliphatic carbocycles. The summed E-state index contributed by atoms with van der Waals surface area (Å²) in [6, 6.07) is 18.3. The number of benzene rings is 2. The Morgan fingerprint density at radius 2 is 1.58 bits per heavy atom. The summed E-state index contributed by atoms with van der Waals surface area (Å²) < 4.78 is 5.25. The van der Waals surface area contributed by atoms with Crippen LogP contribution >= 0.6 is 0 Å². The van der Waals surface area contributed by atoms with Gasteiger partial charge in [0.2, 0.25) is 0 Å². The third-order valence-electron chi connectivity index (χ3n) is 3.87. The summed E-state index contributed by atoms with van der Waals surface area (Å²) in [7, 11) is 0. The van der Waals surface area contributed by atoms with Crippen molar-refractivity contribution < 1.29 is 14.3 Å². The van der Waals surface area contributed by atoms with Crippen LogP contribution in [0.1, 0.15) is 38.2 Å². The molecule has 0 heterocycles. The number of carbonyl (C=O) groups is 2. The van der Waals surface area contributed by atoms with Gasteiger partial charge >= 0.3 is 5.97 Å². The summed E-state index contributed by atoms with van der Waals surface area (Å²) in [4.78, 5) is 24.8. The summed E-state index contributed by atoms with van der Waals surface area (Å²) >= 11 is 0. The fourth-order valence-corrected chi connectivity index (χ4v) is 2.48. The molecule has 0 fully saturated rings. The van der Waals surface area contributed by atoms with E-state index in [0.29, 0.717) is 17.9 Å². The second-order valence-corrected chi connectivity index (χ2v) is 5.97. The summed E-state index contributed by atoms with van der Waals surface area (Å²) in [5, 5.41) is 2.81. The number of rotatable bonds is 9. The topological polar surface area (TPSA) is 55.4 Å². The average Bonchev–Trinajstić information content (AvgIpc) is 2.67. The number of anilines is 1. The molecule has 0 saturated heterocycles. The average molecular weight is 351 g/mol. The minimum Gasteiger partial charge on any atom is -0.463 e. The minimum absolute atomic E-state index is 0.285. The Labute approximate surface area is 154 Å². The summed E-state index contributed by atoms with van der Waals surface area (Å²) in [5.74, 6) is -0.839. The molecule has 1 N–H and O–H groups in total. The van der Waals surface area contributed by atoms with Gasteiger partial charge < -0.3 is 10.1 Å². The van der Waals surface area contributed by atoms with E-state index in [1.165, 1.54) is 6.08 Å². The number of unbranched alkanes of at least 4 members (excludes halogenated alkanes) is 3. The molecule has 0 atom stereocenters. The Kier molecular flexibility index (Phi) is 8.13. The maximum absolute atomic E-state index is 12.7. The van der Waals surface area contributed by atoms with Crippen molar-refractivity contribution in [2.24, 2.45) is 0 Å². The number of hydrogen-bond donors (Lipinski definition) is 1. The lowest BCUT2D eigenvalue weighted by Gasteiger charge is -2.10. The van der Waals surface area contributed by atoms with Gasteiger partial charge in [0.15, 0.2) is 0 Å². The van der Waals surface area contributed by atoms with Crippen LogP contribution in [-0.2, 0) is 14.3 Å². The van der Waals surface area contributed by atoms with Gasteiger partial charge in [-0.2, -0.15) is 0 Å². The maximum Gasteiger partial charge on any atom is 0.331 e. The number of para-hydroxylation sites is 1. The molecular formula is C22H25NO3. The van der Waals surface area contributed by atoms with E-state index in [1.807, 2.05) is 36.4 Å². The van der Waals surface area contributed by atoms with Crippen LogP contribution in [-0.4, -0.2) is 18.5 Å². The molecule has 2 aromatic rings. The first-order valence-electron chi connectivity index (χ1n) is 9.01. The summed E-state index contributed by atoms with van der Waals surface area (Å²) in [5.41, 5.74) is 1.63. The highest BCUT2D eigenvalue weighted by molar-refractivity contribution is 6.27. The van der Waals surface area contributed by atoms with Gasteiger partial charge in [-0.05, 0) is 24.1 Å². The molecule has 0 unspecified atom stereocenters. The Hall–Kier alpha value is -2.88. The smallest absolute Gasteiger partial charge is 0.331 e. The molecule has 136 valence electrons. The van der Waals surface area contributed by atoms with E-state index in [1.54, 1.807) is 24.3 Å². The van der Waals surface area contributed by atoms with Crippen molar-refractivity contribution >= 4 is 23.1 Å². The molecule has 4 nitrogen and oxygen atoms in total. The van der Waals surface area contributed by atoms with E-state index >= 15 is 0 Å². The van der Waals surface area contributed by atoms with Crippen LogP contribution in [0.2, 0.25) is 0 Å². The fourth-order valence-electron chi connectivity index (χ4n) is 2.48. The lowest BCUT2D eigenvalue weighted by molar-refractivity contribution is -0.138. The maximum atomic E-state index is 12.7. The number of ether oxygens (including phenoxy) is 1. The monoisotopic (exact) mass is 351 g/mol. The number of hydrogen-bond acceptors (Lipinski definition) is 3. The predicted octanol–water partition coefficient (Wildman–Crippen LogP) is 4.83.